The first-order valence-corrected chi connectivity index (χ1v) is 8.41. The predicted octanol–water partition coefficient (Wildman–Crippen LogP) is 2.35. The normalized spacial score (nSPS) is 12.4. The number of aromatic nitrogens is 1. The fourth-order valence-corrected chi connectivity index (χ4v) is 2.50. The van der Waals surface area contributed by atoms with E-state index in [1.165, 1.54) is 6.07 Å². The van der Waals surface area contributed by atoms with Crippen molar-refractivity contribution in [2.75, 3.05) is 33.7 Å². The van der Waals surface area contributed by atoms with Crippen LogP contribution in [0.3, 0.4) is 0 Å². The minimum absolute atomic E-state index is 0.206. The van der Waals surface area contributed by atoms with Crippen LogP contribution in [-0.4, -0.2) is 55.6 Å². The zero-order valence-electron chi connectivity index (χ0n) is 15.0. The van der Waals surface area contributed by atoms with E-state index in [9.17, 15) is 4.39 Å². The molecule has 24 heavy (non-hydrogen) atoms. The highest BCUT2D eigenvalue weighted by Gasteiger charge is 2.06. The van der Waals surface area contributed by atoms with Crippen molar-refractivity contribution in [3.05, 3.63) is 35.8 Å². The lowest BCUT2D eigenvalue weighted by Gasteiger charge is -2.21. The van der Waals surface area contributed by atoms with Crippen LogP contribution in [0.4, 0.5) is 4.39 Å². The Labute approximate surface area is 143 Å². The highest BCUT2D eigenvalue weighted by molar-refractivity contribution is 5.83. The Hall–Kier alpha value is -2.08. The molecule has 0 radical (unpaired) electrons. The van der Waals surface area contributed by atoms with E-state index >= 15 is 0 Å². The van der Waals surface area contributed by atoms with Gasteiger partial charge in [-0.25, -0.2) is 4.39 Å². The Bertz CT molecular complexity index is 677. The molecule has 0 saturated carbocycles. The molecule has 1 aromatic heterocycles. The summed E-state index contributed by atoms with van der Waals surface area (Å²) in [7, 11) is 3.88. The first kappa shape index (κ1) is 18.3. The SMILES string of the molecule is CN=C(NCCc1c[nH]c2ccc(F)cc12)NCCN(C)C(C)C. The van der Waals surface area contributed by atoms with Crippen molar-refractivity contribution >= 4 is 16.9 Å². The van der Waals surface area contributed by atoms with Gasteiger partial charge in [0.1, 0.15) is 5.82 Å². The second-order valence-electron chi connectivity index (χ2n) is 6.25. The summed E-state index contributed by atoms with van der Waals surface area (Å²) in [6.07, 6.45) is 2.75. The standard InChI is InChI=1S/C18H28FN5/c1-13(2)24(4)10-9-22-18(20-3)21-8-7-14-12-23-17-6-5-15(19)11-16(14)17/h5-6,11-13,23H,7-10H2,1-4H3,(H2,20,21,22). The number of likely N-dealkylation sites (N-methyl/N-ethyl adjacent to an activating group) is 1. The number of aromatic amines is 1. The highest BCUT2D eigenvalue weighted by atomic mass is 19.1. The number of hydrogen-bond donors (Lipinski definition) is 3. The molecular weight excluding hydrogens is 305 g/mol. The summed E-state index contributed by atoms with van der Waals surface area (Å²) in [5.41, 5.74) is 2.07. The topological polar surface area (TPSA) is 55.5 Å². The van der Waals surface area contributed by atoms with E-state index in [1.54, 1.807) is 19.2 Å². The Morgan fingerprint density at radius 3 is 2.75 bits per heavy atom. The molecule has 0 fully saturated rings. The van der Waals surface area contributed by atoms with Crippen LogP contribution >= 0.6 is 0 Å². The zero-order chi connectivity index (χ0) is 17.5. The number of H-pyrrole nitrogens is 1. The molecule has 0 unspecified atom stereocenters. The minimum Gasteiger partial charge on any atom is -0.361 e. The maximum Gasteiger partial charge on any atom is 0.191 e. The van der Waals surface area contributed by atoms with E-state index in [1.807, 2.05) is 6.20 Å². The van der Waals surface area contributed by atoms with Gasteiger partial charge >= 0.3 is 0 Å². The van der Waals surface area contributed by atoms with Gasteiger partial charge in [0.15, 0.2) is 5.96 Å². The van der Waals surface area contributed by atoms with Gasteiger partial charge in [-0.05, 0) is 51.1 Å². The first-order chi connectivity index (χ1) is 11.5. The van der Waals surface area contributed by atoms with E-state index in [0.717, 1.165) is 48.5 Å². The summed E-state index contributed by atoms with van der Waals surface area (Å²) in [6.45, 7) is 6.89. The Kier molecular flexibility index (Phi) is 6.61. The number of hydrogen-bond acceptors (Lipinski definition) is 2. The monoisotopic (exact) mass is 333 g/mol. The second kappa shape index (κ2) is 8.68. The van der Waals surface area contributed by atoms with Crippen LogP contribution in [0.15, 0.2) is 29.4 Å². The number of benzene rings is 1. The van der Waals surface area contributed by atoms with Crippen LogP contribution < -0.4 is 10.6 Å². The third-order valence-corrected chi connectivity index (χ3v) is 4.28. The van der Waals surface area contributed by atoms with Crippen LogP contribution in [0, 0.1) is 5.82 Å². The molecule has 3 N–H and O–H groups in total. The van der Waals surface area contributed by atoms with E-state index in [-0.39, 0.29) is 5.82 Å². The maximum atomic E-state index is 13.4. The molecule has 0 atom stereocenters. The molecule has 0 bridgehead atoms. The lowest BCUT2D eigenvalue weighted by molar-refractivity contribution is 0.278. The maximum absolute atomic E-state index is 13.4. The third kappa shape index (κ3) is 4.96. The second-order valence-corrected chi connectivity index (χ2v) is 6.25. The van der Waals surface area contributed by atoms with Crippen molar-refractivity contribution in [1.82, 2.24) is 20.5 Å². The molecule has 6 heteroatoms. The number of rotatable bonds is 7. The quantitative estimate of drug-likeness (QED) is 0.538. The van der Waals surface area contributed by atoms with Gasteiger partial charge in [0.05, 0.1) is 0 Å². The van der Waals surface area contributed by atoms with Gasteiger partial charge in [0.2, 0.25) is 0 Å². The molecule has 2 rings (SSSR count). The summed E-state index contributed by atoms with van der Waals surface area (Å²) in [6, 6.07) is 5.36. The van der Waals surface area contributed by atoms with Crippen LogP contribution in [0.1, 0.15) is 19.4 Å². The predicted molar refractivity (Wildman–Crippen MR) is 99.1 cm³/mol. The summed E-state index contributed by atoms with van der Waals surface area (Å²) >= 11 is 0. The number of fused-ring (bicyclic) bond motifs is 1. The number of halogens is 1. The minimum atomic E-state index is -0.206. The van der Waals surface area contributed by atoms with Gasteiger partial charge < -0.3 is 20.5 Å². The van der Waals surface area contributed by atoms with Crippen LogP contribution in [0.25, 0.3) is 10.9 Å². The van der Waals surface area contributed by atoms with Crippen LogP contribution in [0.2, 0.25) is 0 Å². The van der Waals surface area contributed by atoms with Crippen LogP contribution in [-0.2, 0) is 6.42 Å². The van der Waals surface area contributed by atoms with Gasteiger partial charge in [-0.1, -0.05) is 0 Å². The van der Waals surface area contributed by atoms with Crippen molar-refractivity contribution in [2.24, 2.45) is 4.99 Å². The largest absolute Gasteiger partial charge is 0.361 e. The summed E-state index contributed by atoms with van der Waals surface area (Å²) < 4.78 is 13.4. The van der Waals surface area contributed by atoms with E-state index < -0.39 is 0 Å². The Balaban J connectivity index is 1.80. The fourth-order valence-electron chi connectivity index (χ4n) is 2.50. The van der Waals surface area contributed by atoms with E-state index in [4.69, 9.17) is 0 Å². The Morgan fingerprint density at radius 2 is 2.04 bits per heavy atom. The van der Waals surface area contributed by atoms with Gasteiger partial charge in [0.25, 0.3) is 0 Å². The number of guanidine groups is 1. The lowest BCUT2D eigenvalue weighted by Crippen LogP contribution is -2.42. The van der Waals surface area contributed by atoms with Gasteiger partial charge in [0, 0.05) is 49.8 Å². The lowest BCUT2D eigenvalue weighted by atomic mass is 10.1. The van der Waals surface area contributed by atoms with Crippen LogP contribution in [0.5, 0.6) is 0 Å². The molecule has 0 aliphatic rings. The molecule has 1 heterocycles. The molecule has 132 valence electrons. The number of nitrogens with zero attached hydrogens (tertiary/aromatic N) is 2. The van der Waals surface area contributed by atoms with E-state index in [0.29, 0.717) is 6.04 Å². The molecule has 0 aliphatic heterocycles. The molecule has 0 saturated heterocycles. The van der Waals surface area contributed by atoms with Crippen molar-refractivity contribution in [2.45, 2.75) is 26.3 Å². The smallest absolute Gasteiger partial charge is 0.191 e. The summed E-state index contributed by atoms with van der Waals surface area (Å²) in [5.74, 6) is 0.584. The zero-order valence-corrected chi connectivity index (χ0v) is 15.0. The highest BCUT2D eigenvalue weighted by Crippen LogP contribution is 2.19. The molecule has 1 aromatic carbocycles. The van der Waals surface area contributed by atoms with Crippen molar-refractivity contribution in [3.8, 4) is 0 Å². The first-order valence-electron chi connectivity index (χ1n) is 8.41. The number of nitrogens with one attached hydrogen (secondary N) is 3. The molecule has 2 aromatic rings. The van der Waals surface area contributed by atoms with E-state index in [2.05, 4.69) is 46.4 Å². The van der Waals surface area contributed by atoms with Gasteiger partial charge in [-0.15, -0.1) is 0 Å². The van der Waals surface area contributed by atoms with Crippen molar-refractivity contribution in [3.63, 3.8) is 0 Å². The molecule has 0 amide bonds. The van der Waals surface area contributed by atoms with Crippen molar-refractivity contribution in [1.29, 1.82) is 0 Å². The number of aliphatic imine (C=N–C) groups is 1. The molecule has 5 nitrogen and oxygen atoms in total. The van der Waals surface area contributed by atoms with Gasteiger partial charge in [-0.3, -0.25) is 4.99 Å². The summed E-state index contributed by atoms with van der Waals surface area (Å²) in [4.78, 5) is 9.69. The van der Waals surface area contributed by atoms with Gasteiger partial charge in [-0.2, -0.15) is 0 Å². The molecular formula is C18H28FN5. The Morgan fingerprint density at radius 1 is 1.29 bits per heavy atom. The summed E-state index contributed by atoms with van der Waals surface area (Å²) in [5, 5.41) is 7.56. The molecule has 0 spiro atoms. The third-order valence-electron chi connectivity index (χ3n) is 4.28. The average Bonchev–Trinajstić information content (AvgIpc) is 2.95. The van der Waals surface area contributed by atoms with Crippen molar-refractivity contribution < 1.29 is 4.39 Å². The average molecular weight is 333 g/mol. The fraction of sp³-hybridized carbons (Fsp3) is 0.500. The molecule has 0 aliphatic carbocycles.